The number of carbonyl (C=O) groups excluding carboxylic acids is 1. The van der Waals surface area contributed by atoms with E-state index in [1.807, 2.05) is 0 Å². The van der Waals surface area contributed by atoms with Crippen LogP contribution in [0.2, 0.25) is 0 Å². The Balaban J connectivity index is 1.78. The molecule has 98 valence electrons. The first kappa shape index (κ1) is 12.9. The molecule has 1 spiro atoms. The van der Waals surface area contributed by atoms with Gasteiger partial charge in [-0.3, -0.25) is 4.79 Å². The Kier molecular flexibility index (Phi) is 4.43. The van der Waals surface area contributed by atoms with E-state index in [4.69, 9.17) is 0 Å². The largest absolute Gasteiger partial charge is 0.343 e. The second kappa shape index (κ2) is 5.85. The molecule has 2 aliphatic rings. The maximum atomic E-state index is 11.9. The summed E-state index contributed by atoms with van der Waals surface area (Å²) in [4.78, 5) is 14.0. The van der Waals surface area contributed by atoms with Gasteiger partial charge in [-0.25, -0.2) is 0 Å². The Morgan fingerprint density at radius 1 is 1.18 bits per heavy atom. The van der Waals surface area contributed by atoms with Crippen LogP contribution in [-0.4, -0.2) is 37.0 Å². The molecule has 0 aliphatic carbocycles. The van der Waals surface area contributed by atoms with E-state index in [0.29, 0.717) is 11.3 Å². The zero-order valence-corrected chi connectivity index (χ0v) is 11.1. The second-order valence-electron chi connectivity index (χ2n) is 5.73. The second-order valence-corrected chi connectivity index (χ2v) is 5.73. The molecule has 0 unspecified atom stereocenters. The average Bonchev–Trinajstić information content (AvgIpc) is 2.38. The molecule has 0 aromatic rings. The Morgan fingerprint density at radius 3 is 2.41 bits per heavy atom. The Hall–Kier alpha value is -0.570. The summed E-state index contributed by atoms with van der Waals surface area (Å²) in [6, 6.07) is 0. The standard InChI is InChI=1S/C14H26N2O/c1-2-3-4-13(17)16-11-7-14(8-12-16)5-9-15-10-6-14/h15H,2-12H2,1H3. The molecule has 2 fully saturated rings. The highest BCUT2D eigenvalue weighted by Crippen LogP contribution is 2.39. The van der Waals surface area contributed by atoms with Crippen molar-refractivity contribution in [1.82, 2.24) is 10.2 Å². The van der Waals surface area contributed by atoms with Crippen molar-refractivity contribution in [3.63, 3.8) is 0 Å². The van der Waals surface area contributed by atoms with Crippen LogP contribution in [0.3, 0.4) is 0 Å². The van der Waals surface area contributed by atoms with Gasteiger partial charge >= 0.3 is 0 Å². The van der Waals surface area contributed by atoms with Crippen LogP contribution in [-0.2, 0) is 4.79 Å². The van der Waals surface area contributed by atoms with Gasteiger partial charge in [-0.1, -0.05) is 13.3 Å². The SMILES string of the molecule is CCCCC(=O)N1CCC2(CCNCC2)CC1. The first-order valence-corrected chi connectivity index (χ1v) is 7.24. The third-order valence-electron chi connectivity index (χ3n) is 4.59. The minimum Gasteiger partial charge on any atom is -0.343 e. The minimum atomic E-state index is 0.385. The van der Waals surface area contributed by atoms with E-state index in [1.165, 1.54) is 38.8 Å². The first-order chi connectivity index (χ1) is 8.26. The van der Waals surface area contributed by atoms with Gasteiger partial charge in [0.2, 0.25) is 5.91 Å². The summed E-state index contributed by atoms with van der Waals surface area (Å²) in [5.74, 6) is 0.385. The number of hydrogen-bond acceptors (Lipinski definition) is 2. The zero-order valence-electron chi connectivity index (χ0n) is 11.1. The molecule has 2 heterocycles. The molecule has 0 aromatic heterocycles. The van der Waals surface area contributed by atoms with Crippen molar-refractivity contribution in [3.8, 4) is 0 Å². The predicted molar refractivity (Wildman–Crippen MR) is 69.9 cm³/mol. The topological polar surface area (TPSA) is 32.3 Å². The van der Waals surface area contributed by atoms with Gasteiger partial charge in [-0.2, -0.15) is 0 Å². The van der Waals surface area contributed by atoms with Crippen molar-refractivity contribution in [2.24, 2.45) is 5.41 Å². The van der Waals surface area contributed by atoms with Crippen molar-refractivity contribution < 1.29 is 4.79 Å². The van der Waals surface area contributed by atoms with Gasteiger partial charge in [0, 0.05) is 19.5 Å². The molecule has 3 nitrogen and oxygen atoms in total. The van der Waals surface area contributed by atoms with Crippen LogP contribution < -0.4 is 5.32 Å². The molecule has 0 bridgehead atoms. The van der Waals surface area contributed by atoms with Gasteiger partial charge in [0.1, 0.15) is 0 Å². The summed E-state index contributed by atoms with van der Waals surface area (Å²) in [6.45, 7) is 6.49. The number of rotatable bonds is 3. The lowest BCUT2D eigenvalue weighted by molar-refractivity contribution is -0.133. The van der Waals surface area contributed by atoms with Crippen molar-refractivity contribution in [2.45, 2.75) is 51.9 Å². The molecule has 0 radical (unpaired) electrons. The minimum absolute atomic E-state index is 0.385. The molecule has 2 aliphatic heterocycles. The summed E-state index contributed by atoms with van der Waals surface area (Å²) in [6.07, 6.45) is 8.00. The molecular formula is C14H26N2O. The highest BCUT2D eigenvalue weighted by molar-refractivity contribution is 5.76. The van der Waals surface area contributed by atoms with Gasteiger partial charge < -0.3 is 10.2 Å². The Morgan fingerprint density at radius 2 is 1.82 bits per heavy atom. The molecule has 1 amide bonds. The molecule has 17 heavy (non-hydrogen) atoms. The molecule has 3 heteroatoms. The van der Waals surface area contributed by atoms with Gasteiger partial charge in [0.05, 0.1) is 0 Å². The van der Waals surface area contributed by atoms with E-state index < -0.39 is 0 Å². The van der Waals surface area contributed by atoms with Crippen molar-refractivity contribution in [3.05, 3.63) is 0 Å². The Bertz CT molecular complexity index is 249. The summed E-state index contributed by atoms with van der Waals surface area (Å²) in [5.41, 5.74) is 0.562. The average molecular weight is 238 g/mol. The van der Waals surface area contributed by atoms with Crippen LogP contribution in [0.25, 0.3) is 0 Å². The lowest BCUT2D eigenvalue weighted by Crippen LogP contribution is -2.47. The summed E-state index contributed by atoms with van der Waals surface area (Å²) >= 11 is 0. The van der Waals surface area contributed by atoms with Crippen LogP contribution >= 0.6 is 0 Å². The van der Waals surface area contributed by atoms with Gasteiger partial charge in [-0.15, -0.1) is 0 Å². The third kappa shape index (κ3) is 3.21. The quantitative estimate of drug-likeness (QED) is 0.817. The van der Waals surface area contributed by atoms with E-state index in [-0.39, 0.29) is 0 Å². The molecule has 0 atom stereocenters. The van der Waals surface area contributed by atoms with Crippen molar-refractivity contribution >= 4 is 5.91 Å². The zero-order chi connectivity index (χ0) is 12.1. The third-order valence-corrected chi connectivity index (χ3v) is 4.59. The van der Waals surface area contributed by atoms with Gasteiger partial charge in [0.15, 0.2) is 0 Å². The fourth-order valence-corrected chi connectivity index (χ4v) is 3.17. The molecule has 0 saturated carbocycles. The molecule has 0 aromatic carbocycles. The summed E-state index contributed by atoms with van der Waals surface area (Å²) in [7, 11) is 0. The summed E-state index contributed by atoms with van der Waals surface area (Å²) < 4.78 is 0. The number of nitrogens with zero attached hydrogens (tertiary/aromatic N) is 1. The fourth-order valence-electron chi connectivity index (χ4n) is 3.17. The van der Waals surface area contributed by atoms with Crippen LogP contribution in [0, 0.1) is 5.41 Å². The molecule has 2 rings (SSSR count). The number of amides is 1. The number of hydrogen-bond donors (Lipinski definition) is 1. The first-order valence-electron chi connectivity index (χ1n) is 7.24. The number of unbranched alkanes of at least 4 members (excludes halogenated alkanes) is 1. The lowest BCUT2D eigenvalue weighted by atomic mass is 9.71. The van der Waals surface area contributed by atoms with Gasteiger partial charge in [0.25, 0.3) is 0 Å². The molecule has 1 N–H and O–H groups in total. The molecular weight excluding hydrogens is 212 g/mol. The summed E-state index contributed by atoms with van der Waals surface area (Å²) in [5, 5.41) is 3.44. The maximum absolute atomic E-state index is 11.9. The highest BCUT2D eigenvalue weighted by Gasteiger charge is 2.36. The van der Waals surface area contributed by atoms with Crippen molar-refractivity contribution in [1.29, 1.82) is 0 Å². The van der Waals surface area contributed by atoms with Gasteiger partial charge in [-0.05, 0) is 50.6 Å². The van der Waals surface area contributed by atoms with Crippen LogP contribution in [0.1, 0.15) is 51.9 Å². The van der Waals surface area contributed by atoms with E-state index in [2.05, 4.69) is 17.1 Å². The fraction of sp³-hybridized carbons (Fsp3) is 0.929. The monoisotopic (exact) mass is 238 g/mol. The smallest absolute Gasteiger partial charge is 0.222 e. The van der Waals surface area contributed by atoms with Crippen LogP contribution in [0.5, 0.6) is 0 Å². The van der Waals surface area contributed by atoms with Crippen LogP contribution in [0.15, 0.2) is 0 Å². The number of piperidine rings is 2. The predicted octanol–water partition coefficient (Wildman–Crippen LogP) is 2.17. The lowest BCUT2D eigenvalue weighted by Gasteiger charge is -2.44. The van der Waals surface area contributed by atoms with E-state index in [0.717, 1.165) is 32.4 Å². The van der Waals surface area contributed by atoms with E-state index in [9.17, 15) is 4.79 Å². The number of nitrogens with one attached hydrogen (secondary N) is 1. The number of likely N-dealkylation sites (tertiary alicyclic amines) is 1. The number of carbonyl (C=O) groups is 1. The maximum Gasteiger partial charge on any atom is 0.222 e. The highest BCUT2D eigenvalue weighted by atomic mass is 16.2. The van der Waals surface area contributed by atoms with Crippen molar-refractivity contribution in [2.75, 3.05) is 26.2 Å². The molecule has 2 saturated heterocycles. The Labute approximate surface area is 105 Å². The van der Waals surface area contributed by atoms with E-state index in [1.54, 1.807) is 0 Å². The van der Waals surface area contributed by atoms with Crippen LogP contribution in [0.4, 0.5) is 0 Å². The van der Waals surface area contributed by atoms with E-state index >= 15 is 0 Å². The normalized spacial score (nSPS) is 23.9.